The van der Waals surface area contributed by atoms with E-state index in [-0.39, 0.29) is 29.8 Å². The maximum atomic E-state index is 12.2. The van der Waals surface area contributed by atoms with Crippen LogP contribution in [-0.4, -0.2) is 17.1 Å². The molecule has 0 radical (unpaired) electrons. The van der Waals surface area contributed by atoms with Crippen molar-refractivity contribution in [2.24, 2.45) is 5.92 Å². The van der Waals surface area contributed by atoms with Gasteiger partial charge in [-0.1, -0.05) is 36.4 Å². The molecule has 3 unspecified atom stereocenters. The minimum atomic E-state index is -0.358. The van der Waals surface area contributed by atoms with Crippen LogP contribution in [0.2, 0.25) is 0 Å². The largest absolute Gasteiger partial charge is 0.508 e. The van der Waals surface area contributed by atoms with Crippen LogP contribution < -0.4 is 10.6 Å². The molecule has 0 spiro atoms. The minimum Gasteiger partial charge on any atom is -0.508 e. The van der Waals surface area contributed by atoms with E-state index in [1.54, 1.807) is 18.2 Å². The van der Waals surface area contributed by atoms with Gasteiger partial charge in [-0.2, -0.15) is 0 Å². The zero-order valence-corrected chi connectivity index (χ0v) is 12.2. The zero-order valence-electron chi connectivity index (χ0n) is 10.0. The van der Waals surface area contributed by atoms with E-state index in [1.807, 2.05) is 24.3 Å². The van der Waals surface area contributed by atoms with Crippen molar-refractivity contribution in [3.63, 3.8) is 0 Å². The van der Waals surface area contributed by atoms with E-state index < -0.39 is 0 Å². The van der Waals surface area contributed by atoms with Crippen molar-refractivity contribution in [1.82, 2.24) is 10.6 Å². The zero-order chi connectivity index (χ0) is 13.4. The highest BCUT2D eigenvalue weighted by Crippen LogP contribution is 2.30. The fraction of sp³-hybridized carbons (Fsp3) is 0.214. The van der Waals surface area contributed by atoms with Crippen molar-refractivity contribution in [2.75, 3.05) is 0 Å². The van der Waals surface area contributed by atoms with Crippen LogP contribution in [0.4, 0.5) is 0 Å². The predicted octanol–water partition coefficient (Wildman–Crippen LogP) is 1.98. The van der Waals surface area contributed by atoms with Crippen molar-refractivity contribution >= 4 is 28.5 Å². The third-order valence-corrected chi connectivity index (χ3v) is 4.10. The molecule has 0 bridgehead atoms. The summed E-state index contributed by atoms with van der Waals surface area (Å²) in [4.78, 5) is 12.2. The van der Waals surface area contributed by atoms with E-state index in [0.29, 0.717) is 5.56 Å². The molecular weight excluding hydrogens is 355 g/mol. The Hall–Kier alpha value is -1.34. The number of allylic oxidation sites excluding steroid dienone is 2. The third-order valence-electron chi connectivity index (χ3n) is 3.38. The molecule has 1 fully saturated rings. The van der Waals surface area contributed by atoms with Crippen LogP contribution in [0.5, 0.6) is 5.75 Å². The average molecular weight is 368 g/mol. The molecule has 3 rings (SSSR count). The second-order valence-electron chi connectivity index (χ2n) is 4.63. The van der Waals surface area contributed by atoms with E-state index in [0.717, 1.165) is 3.58 Å². The van der Waals surface area contributed by atoms with Gasteiger partial charge in [0, 0.05) is 15.2 Å². The number of phenols is 1. The van der Waals surface area contributed by atoms with Gasteiger partial charge in [0.2, 0.25) is 5.91 Å². The molecule has 98 valence electrons. The average Bonchev–Trinajstić information content (AvgIpc) is 2.40. The molecule has 3 atom stereocenters. The van der Waals surface area contributed by atoms with E-state index >= 15 is 0 Å². The smallest absolute Gasteiger partial charge is 0.230 e. The number of carbonyl (C=O) groups excluding carboxylic acids is 1. The Labute approximate surface area is 124 Å². The summed E-state index contributed by atoms with van der Waals surface area (Å²) in [5.41, 5.74) is 0.687. The number of rotatable bonds is 1. The molecule has 1 aromatic carbocycles. The number of para-hydroxylation sites is 1. The molecule has 0 aromatic heterocycles. The first-order valence-corrected chi connectivity index (χ1v) is 7.13. The minimum absolute atomic E-state index is 0.0180. The summed E-state index contributed by atoms with van der Waals surface area (Å²) in [6.45, 7) is 0. The fourth-order valence-electron chi connectivity index (χ4n) is 2.42. The number of halogens is 1. The van der Waals surface area contributed by atoms with Crippen molar-refractivity contribution in [1.29, 1.82) is 0 Å². The molecule has 1 heterocycles. The molecule has 3 N–H and O–H groups in total. The highest BCUT2D eigenvalue weighted by Gasteiger charge is 2.35. The van der Waals surface area contributed by atoms with Gasteiger partial charge in [0.05, 0.1) is 5.92 Å². The van der Waals surface area contributed by atoms with Crippen molar-refractivity contribution in [3.05, 3.63) is 51.6 Å². The molecule has 1 aliphatic carbocycles. The lowest BCUT2D eigenvalue weighted by molar-refractivity contribution is -0.127. The summed E-state index contributed by atoms with van der Waals surface area (Å²) in [5.74, 6) is -0.0156. The van der Waals surface area contributed by atoms with E-state index in [9.17, 15) is 9.90 Å². The van der Waals surface area contributed by atoms with Gasteiger partial charge in [-0.3, -0.25) is 10.1 Å². The Bertz CT molecular complexity index is 583. The molecule has 5 heteroatoms. The summed E-state index contributed by atoms with van der Waals surface area (Å²) in [6.07, 6.45) is 5.59. The van der Waals surface area contributed by atoms with Crippen LogP contribution in [0.15, 0.2) is 46.1 Å². The molecule has 0 saturated carbocycles. The Morgan fingerprint density at radius 3 is 2.84 bits per heavy atom. The van der Waals surface area contributed by atoms with Crippen LogP contribution in [-0.2, 0) is 4.79 Å². The number of amides is 1. The van der Waals surface area contributed by atoms with E-state index in [4.69, 9.17) is 0 Å². The topological polar surface area (TPSA) is 61.4 Å². The number of nitrogens with one attached hydrogen (secondary N) is 2. The molecule has 1 saturated heterocycles. The fourth-order valence-corrected chi connectivity index (χ4v) is 3.01. The van der Waals surface area contributed by atoms with Gasteiger partial charge in [0.1, 0.15) is 11.9 Å². The number of aromatic hydroxyl groups is 1. The number of hydrogen-bond donors (Lipinski definition) is 3. The summed E-state index contributed by atoms with van der Waals surface area (Å²) < 4.78 is 1.07. The Morgan fingerprint density at radius 2 is 2.05 bits per heavy atom. The second-order valence-corrected chi connectivity index (χ2v) is 5.87. The second kappa shape index (κ2) is 4.97. The number of benzene rings is 1. The van der Waals surface area contributed by atoms with Crippen LogP contribution in [0.1, 0.15) is 11.7 Å². The lowest BCUT2D eigenvalue weighted by atomic mass is 9.91. The first-order chi connectivity index (χ1) is 9.15. The van der Waals surface area contributed by atoms with Crippen molar-refractivity contribution < 1.29 is 9.90 Å². The first kappa shape index (κ1) is 12.7. The van der Waals surface area contributed by atoms with Crippen LogP contribution >= 0.6 is 22.6 Å². The molecule has 1 amide bonds. The van der Waals surface area contributed by atoms with Gasteiger partial charge in [0.15, 0.2) is 0 Å². The maximum Gasteiger partial charge on any atom is 0.230 e. The highest BCUT2D eigenvalue weighted by molar-refractivity contribution is 14.1. The highest BCUT2D eigenvalue weighted by atomic mass is 127. The van der Waals surface area contributed by atoms with Crippen LogP contribution in [0.25, 0.3) is 0 Å². The summed E-state index contributed by atoms with van der Waals surface area (Å²) >= 11 is 2.20. The maximum absolute atomic E-state index is 12.2. The summed E-state index contributed by atoms with van der Waals surface area (Å²) in [6, 6.07) is 7.00. The van der Waals surface area contributed by atoms with Gasteiger partial charge < -0.3 is 10.4 Å². The standard InChI is InChI=1S/C14H13IN2O2/c15-8-5-6-11-10(7-8)14(19)17-13(16-11)9-3-1-2-4-12(9)18/h1-7,10-11,13,16,18H,(H,17,19). The normalized spacial score (nSPS) is 29.4. The molecule has 1 aromatic rings. The van der Waals surface area contributed by atoms with Gasteiger partial charge in [-0.15, -0.1) is 0 Å². The molecule has 4 nitrogen and oxygen atoms in total. The lowest BCUT2D eigenvalue weighted by Crippen LogP contribution is -2.55. The number of phenolic OH excluding ortho intramolecular Hbond substituents is 1. The molecular formula is C14H13IN2O2. The molecule has 2 aliphatic rings. The van der Waals surface area contributed by atoms with Crippen molar-refractivity contribution in [3.8, 4) is 5.75 Å². The van der Waals surface area contributed by atoms with Gasteiger partial charge >= 0.3 is 0 Å². The van der Waals surface area contributed by atoms with E-state index in [1.165, 1.54) is 0 Å². The first-order valence-electron chi connectivity index (χ1n) is 6.05. The van der Waals surface area contributed by atoms with Gasteiger partial charge in [-0.25, -0.2) is 0 Å². The summed E-state index contributed by atoms with van der Waals surface area (Å²) in [5, 5.41) is 16.1. The molecule has 1 aliphatic heterocycles. The number of hydrogen-bond acceptors (Lipinski definition) is 3. The van der Waals surface area contributed by atoms with Gasteiger partial charge in [0.25, 0.3) is 0 Å². The van der Waals surface area contributed by atoms with Crippen molar-refractivity contribution in [2.45, 2.75) is 12.2 Å². The number of fused-ring (bicyclic) bond motifs is 1. The predicted molar refractivity (Wildman–Crippen MR) is 80.6 cm³/mol. The quantitative estimate of drug-likeness (QED) is 0.665. The lowest BCUT2D eigenvalue weighted by Gasteiger charge is -2.36. The van der Waals surface area contributed by atoms with Crippen LogP contribution in [0, 0.1) is 5.92 Å². The SMILES string of the molecule is O=C1NC(c2ccccc2O)NC2C=CC(I)=CC12. The van der Waals surface area contributed by atoms with E-state index in [2.05, 4.69) is 33.2 Å². The molecule has 19 heavy (non-hydrogen) atoms. The Kier molecular flexibility index (Phi) is 3.32. The third kappa shape index (κ3) is 2.40. The van der Waals surface area contributed by atoms with Crippen LogP contribution in [0.3, 0.4) is 0 Å². The van der Waals surface area contributed by atoms with Gasteiger partial charge in [-0.05, 0) is 28.7 Å². The number of carbonyl (C=O) groups is 1. The Balaban J connectivity index is 1.88. The monoisotopic (exact) mass is 368 g/mol. The Morgan fingerprint density at radius 1 is 1.26 bits per heavy atom. The summed E-state index contributed by atoms with van der Waals surface area (Å²) in [7, 11) is 0.